The van der Waals surface area contributed by atoms with Crippen LogP contribution < -0.4 is 10.6 Å². The van der Waals surface area contributed by atoms with Gasteiger partial charge in [0.05, 0.1) is 0 Å². The highest BCUT2D eigenvalue weighted by Gasteiger charge is 2.17. The second-order valence-corrected chi connectivity index (χ2v) is 7.76. The molecule has 0 saturated carbocycles. The third-order valence-electron chi connectivity index (χ3n) is 5.42. The Labute approximate surface area is 174 Å². The molecule has 2 N–H and O–H groups in total. The van der Waals surface area contributed by atoms with Crippen molar-refractivity contribution in [2.24, 2.45) is 10.9 Å². The molecule has 1 atom stereocenters. The summed E-state index contributed by atoms with van der Waals surface area (Å²) in [6, 6.07) is 18.4. The van der Waals surface area contributed by atoms with Gasteiger partial charge in [-0.15, -0.1) is 0 Å². The lowest BCUT2D eigenvalue weighted by molar-refractivity contribution is -0.115. The molecule has 1 aliphatic rings. The predicted molar refractivity (Wildman–Crippen MR) is 122 cm³/mol. The van der Waals surface area contributed by atoms with E-state index in [9.17, 15) is 4.79 Å². The molecule has 2 aromatic carbocycles. The van der Waals surface area contributed by atoms with Crippen molar-refractivity contribution in [3.8, 4) is 0 Å². The maximum absolute atomic E-state index is 11.7. The van der Waals surface area contributed by atoms with Gasteiger partial charge in [-0.25, -0.2) is 4.99 Å². The minimum Gasteiger partial charge on any atom is -0.340 e. The molecule has 0 saturated heterocycles. The Morgan fingerprint density at radius 1 is 1.07 bits per heavy atom. The number of carbonyl (C=O) groups is 1. The molecule has 3 rings (SSSR count). The highest BCUT2D eigenvalue weighted by atomic mass is 16.1. The first-order chi connectivity index (χ1) is 14.0. The van der Waals surface area contributed by atoms with Crippen LogP contribution >= 0.6 is 0 Å². The monoisotopic (exact) mass is 389 g/mol. The van der Waals surface area contributed by atoms with Gasteiger partial charge in [-0.2, -0.15) is 0 Å². The average Bonchev–Trinajstić information content (AvgIpc) is 2.87. The first kappa shape index (κ1) is 20.8. The van der Waals surface area contributed by atoms with Gasteiger partial charge in [0, 0.05) is 23.5 Å². The molecule has 1 heterocycles. The lowest BCUT2D eigenvalue weighted by Gasteiger charge is -2.14. The van der Waals surface area contributed by atoms with Crippen LogP contribution in [-0.2, 0) is 11.2 Å². The Morgan fingerprint density at radius 2 is 1.83 bits per heavy atom. The van der Waals surface area contributed by atoms with Crippen LogP contribution in [0.15, 0.2) is 71.0 Å². The fourth-order valence-corrected chi connectivity index (χ4v) is 3.48. The molecule has 1 unspecified atom stereocenters. The molecular weight excluding hydrogens is 358 g/mol. The van der Waals surface area contributed by atoms with Gasteiger partial charge in [-0.1, -0.05) is 50.2 Å². The van der Waals surface area contributed by atoms with E-state index in [1.165, 1.54) is 16.8 Å². The number of rotatable bonds is 7. The summed E-state index contributed by atoms with van der Waals surface area (Å²) in [5.41, 5.74) is 5.61. The summed E-state index contributed by atoms with van der Waals surface area (Å²) in [7, 11) is 0. The number of hydrogen-bond acceptors (Lipinski definition) is 3. The minimum atomic E-state index is 0.0158. The van der Waals surface area contributed by atoms with Crippen LogP contribution in [0, 0.1) is 5.92 Å². The number of nitrogens with one attached hydrogen (secondary N) is 2. The summed E-state index contributed by atoms with van der Waals surface area (Å²) in [5, 5.41) is 6.41. The largest absolute Gasteiger partial charge is 0.340 e. The zero-order chi connectivity index (χ0) is 20.6. The van der Waals surface area contributed by atoms with Crippen molar-refractivity contribution in [2.75, 3.05) is 10.6 Å². The number of carbonyl (C=O) groups excluding carboxylic acids is 1. The molecule has 0 aromatic heterocycles. The smallest absolute Gasteiger partial charge is 0.224 e. The van der Waals surface area contributed by atoms with Gasteiger partial charge in [-0.3, -0.25) is 4.79 Å². The van der Waals surface area contributed by atoms with Crippen molar-refractivity contribution in [3.05, 3.63) is 71.6 Å². The van der Waals surface area contributed by atoms with Gasteiger partial charge in [0.25, 0.3) is 0 Å². The van der Waals surface area contributed by atoms with Crippen LogP contribution in [-0.4, -0.2) is 11.6 Å². The molecule has 0 radical (unpaired) electrons. The lowest BCUT2D eigenvalue weighted by Crippen LogP contribution is -2.12. The number of amides is 1. The van der Waals surface area contributed by atoms with E-state index >= 15 is 0 Å². The molecular formula is C25H31N3O. The number of hydrogen-bond donors (Lipinski definition) is 2. The van der Waals surface area contributed by atoms with Gasteiger partial charge in [0.15, 0.2) is 0 Å². The van der Waals surface area contributed by atoms with E-state index in [0.29, 0.717) is 12.3 Å². The number of nitrogens with zero attached hydrogens (tertiary/aromatic N) is 1. The highest BCUT2D eigenvalue weighted by molar-refractivity contribution is 5.91. The zero-order valence-corrected chi connectivity index (χ0v) is 17.7. The molecule has 0 bridgehead atoms. The number of aliphatic imine (C=N–C) groups is 1. The highest BCUT2D eigenvalue weighted by Crippen LogP contribution is 2.26. The molecule has 29 heavy (non-hydrogen) atoms. The molecule has 1 amide bonds. The van der Waals surface area contributed by atoms with E-state index in [1.54, 1.807) is 0 Å². The number of anilines is 2. The Kier molecular flexibility index (Phi) is 7.23. The summed E-state index contributed by atoms with van der Waals surface area (Å²) in [6.45, 7) is 6.28. The van der Waals surface area contributed by atoms with Crippen molar-refractivity contribution in [1.29, 1.82) is 0 Å². The van der Waals surface area contributed by atoms with Crippen molar-refractivity contribution >= 4 is 23.0 Å². The molecule has 0 spiro atoms. The number of aryl methyl sites for hydroxylation is 1. The van der Waals surface area contributed by atoms with E-state index < -0.39 is 0 Å². The summed E-state index contributed by atoms with van der Waals surface area (Å²) >= 11 is 0. The van der Waals surface area contributed by atoms with Gasteiger partial charge < -0.3 is 10.6 Å². The van der Waals surface area contributed by atoms with E-state index in [1.807, 2.05) is 31.2 Å². The topological polar surface area (TPSA) is 53.5 Å². The van der Waals surface area contributed by atoms with Crippen molar-refractivity contribution in [2.45, 2.75) is 52.9 Å². The Morgan fingerprint density at radius 3 is 2.59 bits per heavy atom. The summed E-state index contributed by atoms with van der Waals surface area (Å²) in [5.74, 6) is 1.43. The van der Waals surface area contributed by atoms with E-state index in [0.717, 1.165) is 42.9 Å². The van der Waals surface area contributed by atoms with Crippen LogP contribution in [0.3, 0.4) is 0 Å². The summed E-state index contributed by atoms with van der Waals surface area (Å²) in [6.07, 6.45) is 4.60. The maximum atomic E-state index is 11.7. The average molecular weight is 390 g/mol. The van der Waals surface area contributed by atoms with E-state index in [-0.39, 0.29) is 5.91 Å². The van der Waals surface area contributed by atoms with Crippen molar-refractivity contribution in [1.82, 2.24) is 0 Å². The molecule has 2 aromatic rings. The number of benzene rings is 2. The van der Waals surface area contributed by atoms with Gasteiger partial charge in [-0.05, 0) is 67.9 Å². The quantitative estimate of drug-likeness (QED) is 0.594. The molecule has 0 fully saturated rings. The van der Waals surface area contributed by atoms with Gasteiger partial charge >= 0.3 is 0 Å². The van der Waals surface area contributed by atoms with Gasteiger partial charge in [0.2, 0.25) is 5.91 Å². The minimum absolute atomic E-state index is 0.0158. The predicted octanol–water partition coefficient (Wildman–Crippen LogP) is 6.18. The van der Waals surface area contributed by atoms with Crippen molar-refractivity contribution in [3.63, 3.8) is 0 Å². The summed E-state index contributed by atoms with van der Waals surface area (Å²) < 4.78 is 0. The fourth-order valence-electron chi connectivity index (χ4n) is 3.48. The first-order valence-corrected chi connectivity index (χ1v) is 10.5. The first-order valence-electron chi connectivity index (χ1n) is 10.5. The Balaban J connectivity index is 1.76. The lowest BCUT2D eigenvalue weighted by atomic mass is 9.94. The Bertz CT molecular complexity index is 899. The SMILES string of the molecule is CCC(=O)Nc1cccc(NC2=C(C)CCC(C)C(CCc3ccccc3)=N2)c1. The van der Waals surface area contributed by atoms with Crippen molar-refractivity contribution < 1.29 is 4.79 Å². The van der Waals surface area contributed by atoms with Crippen LogP contribution in [0.1, 0.15) is 52.0 Å². The molecule has 4 nitrogen and oxygen atoms in total. The standard InChI is InChI=1S/C25H31N3O/c1-4-24(29)26-21-11-8-12-22(17-21)27-25-19(3)14-13-18(2)23(28-25)16-15-20-9-6-5-7-10-20/h5-12,17-18,27H,4,13-16H2,1-3H3,(H,26,29). The third kappa shape index (κ3) is 6.05. The van der Waals surface area contributed by atoms with Crippen LogP contribution in [0.4, 0.5) is 11.4 Å². The zero-order valence-electron chi connectivity index (χ0n) is 17.7. The second kappa shape index (κ2) is 10.1. The fraction of sp³-hybridized carbons (Fsp3) is 0.360. The van der Waals surface area contributed by atoms with Crippen LogP contribution in [0.2, 0.25) is 0 Å². The molecule has 4 heteroatoms. The van der Waals surface area contributed by atoms with E-state index in [4.69, 9.17) is 4.99 Å². The number of allylic oxidation sites excluding steroid dienone is 1. The van der Waals surface area contributed by atoms with E-state index in [2.05, 4.69) is 54.8 Å². The van der Waals surface area contributed by atoms with Crippen LogP contribution in [0.25, 0.3) is 0 Å². The van der Waals surface area contributed by atoms with Crippen LogP contribution in [0.5, 0.6) is 0 Å². The summed E-state index contributed by atoms with van der Waals surface area (Å²) in [4.78, 5) is 16.7. The normalized spacial score (nSPS) is 16.8. The Hall–Kier alpha value is -2.88. The maximum Gasteiger partial charge on any atom is 0.224 e. The molecule has 1 aliphatic heterocycles. The third-order valence-corrected chi connectivity index (χ3v) is 5.42. The second-order valence-electron chi connectivity index (χ2n) is 7.76. The molecule has 0 aliphatic carbocycles. The molecule has 152 valence electrons. The van der Waals surface area contributed by atoms with Gasteiger partial charge in [0.1, 0.15) is 5.82 Å².